The Bertz CT molecular complexity index is 1680. The number of hydrogen-bond donors (Lipinski definition) is 2. The fraction of sp³-hybridized carbons (Fsp3) is 0.250. The molecule has 0 radical (unpaired) electrons. The summed E-state index contributed by atoms with van der Waals surface area (Å²) in [4.78, 5) is 40.6. The van der Waals surface area contributed by atoms with Crippen LogP contribution in [0.25, 0.3) is 16.8 Å². The van der Waals surface area contributed by atoms with E-state index in [1.165, 1.54) is 18.2 Å². The van der Waals surface area contributed by atoms with Gasteiger partial charge in [-0.1, -0.05) is 18.7 Å². The van der Waals surface area contributed by atoms with Gasteiger partial charge in [0.25, 0.3) is 5.91 Å². The van der Waals surface area contributed by atoms with E-state index >= 15 is 0 Å². The molecule has 10 nitrogen and oxygen atoms in total. The van der Waals surface area contributed by atoms with Crippen molar-refractivity contribution in [1.82, 2.24) is 24.3 Å². The van der Waals surface area contributed by atoms with Gasteiger partial charge < -0.3 is 20.7 Å². The van der Waals surface area contributed by atoms with E-state index in [0.29, 0.717) is 35.6 Å². The second-order valence-corrected chi connectivity index (χ2v) is 9.93. The second-order valence-electron chi connectivity index (χ2n) is 9.93. The molecule has 2 unspecified atom stereocenters. The molecule has 0 aliphatic carbocycles. The van der Waals surface area contributed by atoms with Crippen molar-refractivity contribution in [2.24, 2.45) is 0 Å². The Morgan fingerprint density at radius 2 is 1.95 bits per heavy atom. The molecule has 3 aromatic heterocycles. The van der Waals surface area contributed by atoms with Gasteiger partial charge in [0.2, 0.25) is 5.91 Å². The topological polar surface area (TPSA) is 128 Å². The van der Waals surface area contributed by atoms with Crippen LogP contribution in [-0.4, -0.2) is 55.3 Å². The molecule has 2 aliphatic rings. The highest BCUT2D eigenvalue weighted by Crippen LogP contribution is 2.46. The Morgan fingerprint density at radius 3 is 2.68 bits per heavy atom. The van der Waals surface area contributed by atoms with Gasteiger partial charge in [-0.25, -0.2) is 15.0 Å². The van der Waals surface area contributed by atoms with Crippen molar-refractivity contribution in [1.29, 1.82) is 0 Å². The third-order valence-corrected chi connectivity index (χ3v) is 7.53. The molecule has 2 amide bonds. The third kappa shape index (κ3) is 4.38. The number of hydrogen-bond acceptors (Lipinski definition) is 7. The van der Waals surface area contributed by atoms with E-state index in [0.717, 1.165) is 24.8 Å². The predicted octanol–water partition coefficient (Wildman–Crippen LogP) is 4.05. The van der Waals surface area contributed by atoms with Crippen molar-refractivity contribution in [3.63, 3.8) is 0 Å². The van der Waals surface area contributed by atoms with Crippen LogP contribution in [0.1, 0.15) is 34.6 Å². The van der Waals surface area contributed by atoms with Crippen LogP contribution in [0, 0.1) is 0 Å². The summed E-state index contributed by atoms with van der Waals surface area (Å²) in [6, 6.07) is 7.86. The molecule has 2 fully saturated rings. The number of nitrogens with one attached hydrogen (secondary N) is 1. The van der Waals surface area contributed by atoms with Crippen molar-refractivity contribution < 1.29 is 27.5 Å². The number of carbonyl (C=O) groups excluding carboxylic acids is 2. The van der Waals surface area contributed by atoms with Gasteiger partial charge in [-0.2, -0.15) is 13.2 Å². The molecule has 4 aromatic rings. The van der Waals surface area contributed by atoms with E-state index in [-0.39, 0.29) is 35.8 Å². The first-order valence-corrected chi connectivity index (χ1v) is 12.7. The molecule has 41 heavy (non-hydrogen) atoms. The number of benzene rings is 1. The highest BCUT2D eigenvalue weighted by Gasteiger charge is 2.55. The Labute approximate surface area is 231 Å². The minimum absolute atomic E-state index is 0.103. The quantitative estimate of drug-likeness (QED) is 0.351. The van der Waals surface area contributed by atoms with Crippen LogP contribution in [0.15, 0.2) is 67.6 Å². The zero-order valence-electron chi connectivity index (χ0n) is 21.6. The first-order valence-electron chi connectivity index (χ1n) is 12.7. The van der Waals surface area contributed by atoms with Crippen LogP contribution < -0.4 is 11.1 Å². The minimum Gasteiger partial charge on any atom is -0.382 e. The van der Waals surface area contributed by atoms with Crippen molar-refractivity contribution in [2.45, 2.75) is 30.6 Å². The highest BCUT2D eigenvalue weighted by molar-refractivity contribution is 6.04. The smallest absolute Gasteiger partial charge is 0.382 e. The van der Waals surface area contributed by atoms with Crippen LogP contribution in [0.5, 0.6) is 0 Å². The van der Waals surface area contributed by atoms with Gasteiger partial charge in [-0.15, -0.1) is 0 Å². The number of alkyl halides is 3. The van der Waals surface area contributed by atoms with Gasteiger partial charge in [-0.3, -0.25) is 14.0 Å². The summed E-state index contributed by atoms with van der Waals surface area (Å²) >= 11 is 0. The van der Waals surface area contributed by atoms with Gasteiger partial charge in [-0.05, 0) is 43.2 Å². The van der Waals surface area contributed by atoms with E-state index < -0.39 is 23.2 Å². The fourth-order valence-corrected chi connectivity index (χ4v) is 5.68. The average Bonchev–Trinajstić information content (AvgIpc) is 3.46. The number of aromatic nitrogens is 4. The Kier molecular flexibility index (Phi) is 6.25. The van der Waals surface area contributed by atoms with Gasteiger partial charge in [0.05, 0.1) is 24.8 Å². The summed E-state index contributed by atoms with van der Waals surface area (Å²) in [7, 11) is 0. The summed E-state index contributed by atoms with van der Waals surface area (Å²) in [5.41, 5.74) is 6.39. The predicted molar refractivity (Wildman–Crippen MR) is 143 cm³/mol. The largest absolute Gasteiger partial charge is 0.416 e. The Hall–Kier alpha value is -4.78. The van der Waals surface area contributed by atoms with E-state index in [1.54, 1.807) is 29.4 Å². The maximum atomic E-state index is 13.0. The monoisotopic (exact) mass is 563 g/mol. The highest BCUT2D eigenvalue weighted by atomic mass is 19.4. The standard InChI is InChI=1S/C28H24F3N7O3/c1-2-21(39)38-19-7-9-27(38,15-41-14-19)26-36-22(23-24(32)34-11-12-37(23)26)16-3-5-17(6-4-16)25(40)35-20-13-18(8-10-33-20)28(29,30)31/h2-6,8,10-13,19H,1,7,9,14-15H2,(H2,32,34)(H,33,35,40). The van der Waals surface area contributed by atoms with Gasteiger partial charge in [0.1, 0.15) is 34.2 Å². The van der Waals surface area contributed by atoms with Crippen molar-refractivity contribution >= 4 is 29.0 Å². The number of halogens is 3. The molecule has 2 atom stereocenters. The number of nitrogens with zero attached hydrogens (tertiary/aromatic N) is 5. The summed E-state index contributed by atoms with van der Waals surface area (Å²) in [6.45, 7) is 4.36. The van der Waals surface area contributed by atoms with Crippen molar-refractivity contribution in [2.75, 3.05) is 24.3 Å². The van der Waals surface area contributed by atoms with Gasteiger partial charge in [0, 0.05) is 29.7 Å². The first kappa shape index (κ1) is 26.4. The van der Waals surface area contributed by atoms with Crippen LogP contribution in [-0.2, 0) is 21.2 Å². The molecular weight excluding hydrogens is 539 g/mol. The lowest BCUT2D eigenvalue weighted by atomic mass is 9.95. The molecular formula is C28H24F3N7O3. The van der Waals surface area contributed by atoms with Gasteiger partial charge >= 0.3 is 6.18 Å². The number of ether oxygens (including phenoxy) is 1. The maximum absolute atomic E-state index is 13.0. The molecule has 5 heterocycles. The summed E-state index contributed by atoms with van der Waals surface area (Å²) in [5.74, 6) is -0.259. The summed E-state index contributed by atoms with van der Waals surface area (Å²) in [6.07, 6.45) is 2.38. The molecule has 6 rings (SSSR count). The zero-order chi connectivity index (χ0) is 28.9. The summed E-state index contributed by atoms with van der Waals surface area (Å²) in [5, 5.41) is 2.39. The molecule has 2 saturated heterocycles. The maximum Gasteiger partial charge on any atom is 0.416 e. The van der Waals surface area contributed by atoms with Crippen molar-refractivity contribution in [3.05, 3.63) is 84.6 Å². The zero-order valence-corrected chi connectivity index (χ0v) is 21.6. The number of carbonyl (C=O) groups is 2. The normalized spacial score (nSPS) is 20.3. The number of morpholine rings is 1. The third-order valence-electron chi connectivity index (χ3n) is 7.53. The Balaban J connectivity index is 1.36. The van der Waals surface area contributed by atoms with Crippen LogP contribution in [0.2, 0.25) is 0 Å². The van der Waals surface area contributed by atoms with Crippen LogP contribution in [0.4, 0.5) is 24.8 Å². The number of fused-ring (bicyclic) bond motifs is 3. The summed E-state index contributed by atoms with van der Waals surface area (Å²) < 4.78 is 46.8. The van der Waals surface area contributed by atoms with Crippen LogP contribution in [0.3, 0.4) is 0 Å². The number of nitrogens with two attached hydrogens (primary N) is 1. The lowest BCUT2D eigenvalue weighted by Crippen LogP contribution is -2.56. The minimum atomic E-state index is -4.56. The van der Waals surface area contributed by atoms with Crippen LogP contribution >= 0.6 is 0 Å². The number of imidazole rings is 1. The molecule has 3 N–H and O–H groups in total. The molecule has 2 aliphatic heterocycles. The second kappa shape index (κ2) is 9.70. The van der Waals surface area contributed by atoms with E-state index in [2.05, 4.69) is 21.9 Å². The number of pyridine rings is 1. The van der Waals surface area contributed by atoms with E-state index in [9.17, 15) is 22.8 Å². The van der Waals surface area contributed by atoms with Crippen molar-refractivity contribution in [3.8, 4) is 11.3 Å². The van der Waals surface area contributed by atoms with E-state index in [1.807, 2.05) is 4.40 Å². The fourth-order valence-electron chi connectivity index (χ4n) is 5.68. The molecule has 0 saturated carbocycles. The van der Waals surface area contributed by atoms with Gasteiger partial charge in [0.15, 0.2) is 0 Å². The lowest BCUT2D eigenvalue weighted by molar-refractivity contribution is -0.146. The molecule has 1 aromatic carbocycles. The van der Waals surface area contributed by atoms with E-state index in [4.69, 9.17) is 15.5 Å². The molecule has 13 heteroatoms. The number of nitrogen functional groups attached to an aromatic ring is 1. The molecule has 0 spiro atoms. The number of amides is 2. The number of rotatable bonds is 5. The molecule has 2 bridgehead atoms. The average molecular weight is 564 g/mol. The number of anilines is 2. The SMILES string of the molecule is C=CC(=O)N1C2CCC1(c1nc(-c3ccc(C(=O)Nc4cc(C(F)(F)F)ccn4)cc3)c3c(N)nccn13)COC2. The molecule has 210 valence electrons. The lowest BCUT2D eigenvalue weighted by Gasteiger charge is -2.43. The first-order chi connectivity index (χ1) is 19.6. The Morgan fingerprint density at radius 1 is 1.17 bits per heavy atom.